The molecule has 2 aromatic heterocycles. The van der Waals surface area contributed by atoms with Crippen molar-refractivity contribution < 1.29 is 33.4 Å². The van der Waals surface area contributed by atoms with Gasteiger partial charge in [0.1, 0.15) is 23.6 Å². The molecule has 10 nitrogen and oxygen atoms in total. The number of nitrogens with one attached hydrogen (secondary N) is 1. The Balaban J connectivity index is 1.90. The van der Waals surface area contributed by atoms with Crippen molar-refractivity contribution in [3.63, 3.8) is 0 Å². The number of anilines is 1. The average Bonchev–Trinajstić information content (AvgIpc) is 3.55. The monoisotopic (exact) mass is 541 g/mol. The van der Waals surface area contributed by atoms with Gasteiger partial charge in [-0.05, 0) is 37.0 Å². The lowest BCUT2D eigenvalue weighted by molar-refractivity contribution is -0.138. The van der Waals surface area contributed by atoms with Gasteiger partial charge in [0.15, 0.2) is 5.78 Å². The molecule has 2 N–H and O–H groups in total. The predicted molar refractivity (Wildman–Crippen MR) is 143 cm³/mol. The summed E-state index contributed by atoms with van der Waals surface area (Å²) in [5.74, 6) is -1.93. The molecule has 0 radical (unpaired) electrons. The van der Waals surface area contributed by atoms with E-state index in [9.17, 15) is 19.2 Å². The summed E-state index contributed by atoms with van der Waals surface area (Å²) < 4.78 is 10.9. The van der Waals surface area contributed by atoms with Crippen molar-refractivity contribution in [2.24, 2.45) is 11.8 Å². The smallest absolute Gasteiger partial charge is 0.322 e. The van der Waals surface area contributed by atoms with E-state index < -0.39 is 30.3 Å². The summed E-state index contributed by atoms with van der Waals surface area (Å²) in [6.07, 6.45) is 4.35. The second kappa shape index (κ2) is 13.0. The van der Waals surface area contributed by atoms with Gasteiger partial charge in [-0.15, -0.1) is 11.3 Å². The van der Waals surface area contributed by atoms with E-state index in [-0.39, 0.29) is 12.2 Å². The number of carbonyl (C=O) groups excluding carboxylic acids is 3. The Bertz CT molecular complexity index is 1290. The first kappa shape index (κ1) is 28.6. The van der Waals surface area contributed by atoms with E-state index in [4.69, 9.17) is 14.3 Å². The highest BCUT2D eigenvalue weighted by atomic mass is 32.1. The molecule has 0 bridgehead atoms. The first-order valence-electron chi connectivity index (χ1n) is 12.1. The number of Topliss-reactive ketones (excluding diaryl/α,β-unsaturated/α-hetero) is 1. The van der Waals surface area contributed by atoms with E-state index in [1.807, 2.05) is 24.3 Å². The largest absolute Gasteiger partial charge is 0.496 e. The number of para-hydroxylation sites is 1. The van der Waals surface area contributed by atoms with Crippen LogP contribution in [0.5, 0.6) is 5.75 Å². The number of carboxylic acids is 1. The Morgan fingerprint density at radius 2 is 1.97 bits per heavy atom. The molecule has 202 valence electrons. The Labute approximate surface area is 224 Å². The lowest BCUT2D eigenvalue weighted by Gasteiger charge is -2.21. The highest BCUT2D eigenvalue weighted by Gasteiger charge is 2.31. The number of methoxy groups -OCH3 is 1. The van der Waals surface area contributed by atoms with E-state index in [0.29, 0.717) is 52.0 Å². The minimum Gasteiger partial charge on any atom is -0.496 e. The van der Waals surface area contributed by atoms with Crippen LogP contribution in [-0.2, 0) is 20.8 Å². The SMILES string of the molecule is COc1ccccc1CCN(C=O)c1sc(-c2ncco2)c(C)c1C(=O)C(C)CC(C)C(=O)NCC(=O)O. The zero-order valence-electron chi connectivity index (χ0n) is 21.7. The van der Waals surface area contributed by atoms with Gasteiger partial charge in [0, 0.05) is 18.4 Å². The normalized spacial score (nSPS) is 12.4. The molecule has 3 rings (SSSR count). The molecular weight excluding hydrogens is 510 g/mol. The number of ketones is 1. The lowest BCUT2D eigenvalue weighted by atomic mass is 9.89. The molecule has 0 fully saturated rings. The number of amides is 2. The molecule has 2 atom stereocenters. The van der Waals surface area contributed by atoms with Gasteiger partial charge in [-0.3, -0.25) is 19.2 Å². The minimum absolute atomic E-state index is 0.204. The zero-order valence-corrected chi connectivity index (χ0v) is 22.5. The lowest BCUT2D eigenvalue weighted by Crippen LogP contribution is -2.34. The molecule has 1 aromatic carbocycles. The standard InChI is InChI=1S/C27H31N3O7S/c1-16(13-17(2)25(35)29-14-21(32)33)23(34)22-18(3)24(26-28-10-12-37-26)38-27(22)30(15-31)11-9-19-7-5-6-8-20(19)36-4/h5-8,10,12,15-17H,9,11,13-14H2,1-4H3,(H,29,35)(H,32,33). The minimum atomic E-state index is -1.14. The first-order chi connectivity index (χ1) is 18.2. The van der Waals surface area contributed by atoms with Crippen molar-refractivity contribution in [2.45, 2.75) is 33.6 Å². The molecule has 0 saturated carbocycles. The fourth-order valence-corrected chi connectivity index (χ4v) is 5.45. The Morgan fingerprint density at radius 3 is 2.61 bits per heavy atom. The number of hydrogen-bond donors (Lipinski definition) is 2. The van der Waals surface area contributed by atoms with Gasteiger partial charge >= 0.3 is 5.97 Å². The van der Waals surface area contributed by atoms with Gasteiger partial charge in [-0.2, -0.15) is 0 Å². The number of thiophene rings is 1. The highest BCUT2D eigenvalue weighted by molar-refractivity contribution is 7.20. The summed E-state index contributed by atoms with van der Waals surface area (Å²) in [5.41, 5.74) is 1.93. The van der Waals surface area contributed by atoms with Gasteiger partial charge in [0.2, 0.25) is 18.2 Å². The predicted octanol–water partition coefficient (Wildman–Crippen LogP) is 3.97. The van der Waals surface area contributed by atoms with E-state index in [1.165, 1.54) is 28.7 Å². The zero-order chi connectivity index (χ0) is 27.8. The quantitative estimate of drug-likeness (QED) is 0.231. The van der Waals surface area contributed by atoms with E-state index in [2.05, 4.69) is 10.3 Å². The summed E-state index contributed by atoms with van der Waals surface area (Å²) in [4.78, 5) is 55.5. The van der Waals surface area contributed by atoms with Gasteiger partial charge < -0.3 is 24.5 Å². The van der Waals surface area contributed by atoms with Crippen molar-refractivity contribution in [3.8, 4) is 16.5 Å². The van der Waals surface area contributed by atoms with Gasteiger partial charge in [-0.1, -0.05) is 32.0 Å². The molecule has 2 heterocycles. The van der Waals surface area contributed by atoms with Crippen LogP contribution in [0.25, 0.3) is 10.8 Å². The summed E-state index contributed by atoms with van der Waals surface area (Å²) in [7, 11) is 1.59. The van der Waals surface area contributed by atoms with Crippen molar-refractivity contribution in [1.29, 1.82) is 0 Å². The van der Waals surface area contributed by atoms with Crippen LogP contribution in [0, 0.1) is 18.8 Å². The summed E-state index contributed by atoms with van der Waals surface area (Å²) >= 11 is 1.25. The fraction of sp³-hybridized carbons (Fsp3) is 0.370. The maximum atomic E-state index is 13.8. The molecule has 2 unspecified atom stereocenters. The van der Waals surface area contributed by atoms with Crippen LogP contribution in [0.2, 0.25) is 0 Å². The van der Waals surface area contributed by atoms with Crippen molar-refractivity contribution >= 4 is 40.4 Å². The van der Waals surface area contributed by atoms with Gasteiger partial charge in [-0.25, -0.2) is 4.98 Å². The van der Waals surface area contributed by atoms with Crippen LogP contribution in [0.1, 0.15) is 41.8 Å². The Kier molecular flexibility index (Phi) is 9.78. The van der Waals surface area contributed by atoms with Crippen LogP contribution in [0.3, 0.4) is 0 Å². The highest BCUT2D eigenvalue weighted by Crippen LogP contribution is 2.42. The maximum absolute atomic E-state index is 13.8. The van der Waals surface area contributed by atoms with Crippen LogP contribution in [-0.4, -0.2) is 54.4 Å². The molecule has 2 amide bonds. The van der Waals surface area contributed by atoms with Crippen LogP contribution < -0.4 is 15.0 Å². The van der Waals surface area contributed by atoms with E-state index in [0.717, 1.165) is 5.56 Å². The van der Waals surface area contributed by atoms with E-state index in [1.54, 1.807) is 27.9 Å². The first-order valence-corrected chi connectivity index (χ1v) is 12.9. The molecule has 0 spiro atoms. The molecule has 0 aliphatic carbocycles. The topological polar surface area (TPSA) is 139 Å². The van der Waals surface area contributed by atoms with Crippen molar-refractivity contribution in [2.75, 3.05) is 25.1 Å². The van der Waals surface area contributed by atoms with Crippen LogP contribution in [0.15, 0.2) is 41.1 Å². The third kappa shape index (κ3) is 6.65. The number of nitrogens with zero attached hydrogens (tertiary/aromatic N) is 2. The number of benzene rings is 1. The molecule has 0 aliphatic rings. The summed E-state index contributed by atoms with van der Waals surface area (Å²) in [6, 6.07) is 7.53. The molecular formula is C27H31N3O7S. The van der Waals surface area contributed by atoms with Crippen molar-refractivity contribution in [3.05, 3.63) is 53.4 Å². The third-order valence-corrected chi connectivity index (χ3v) is 7.54. The molecule has 11 heteroatoms. The number of carbonyl (C=O) groups is 4. The van der Waals surface area contributed by atoms with Crippen molar-refractivity contribution in [1.82, 2.24) is 10.3 Å². The number of oxazole rings is 1. The molecule has 3 aromatic rings. The number of hydrogen-bond acceptors (Lipinski definition) is 8. The molecule has 0 saturated heterocycles. The van der Waals surface area contributed by atoms with Crippen LogP contribution in [0.4, 0.5) is 5.00 Å². The fourth-order valence-electron chi connectivity index (χ4n) is 4.21. The van der Waals surface area contributed by atoms with Gasteiger partial charge in [0.25, 0.3) is 0 Å². The molecule has 0 aliphatic heterocycles. The van der Waals surface area contributed by atoms with Gasteiger partial charge in [0.05, 0.1) is 23.7 Å². The summed E-state index contributed by atoms with van der Waals surface area (Å²) in [6.45, 7) is 4.96. The Hall–Kier alpha value is -3.99. The second-order valence-electron chi connectivity index (χ2n) is 8.95. The third-order valence-electron chi connectivity index (χ3n) is 6.22. The number of carboxylic acid groups (broad SMARTS) is 1. The average molecular weight is 542 g/mol. The number of ether oxygens (including phenoxy) is 1. The number of rotatable bonds is 14. The number of aliphatic carboxylic acids is 1. The molecule has 38 heavy (non-hydrogen) atoms. The number of aromatic nitrogens is 1. The Morgan fingerprint density at radius 1 is 1.24 bits per heavy atom. The summed E-state index contributed by atoms with van der Waals surface area (Å²) in [5, 5.41) is 11.6. The second-order valence-corrected chi connectivity index (χ2v) is 9.95. The maximum Gasteiger partial charge on any atom is 0.322 e. The van der Waals surface area contributed by atoms with E-state index >= 15 is 0 Å². The van der Waals surface area contributed by atoms with Crippen LogP contribution >= 0.6 is 11.3 Å².